The van der Waals surface area contributed by atoms with Gasteiger partial charge in [-0.1, -0.05) is 6.42 Å². The van der Waals surface area contributed by atoms with Crippen molar-refractivity contribution >= 4 is 16.3 Å². The number of piperidine rings is 1. The normalized spacial score (nSPS) is 25.1. The summed E-state index contributed by atoms with van der Waals surface area (Å²) in [5, 5.41) is 0. The summed E-state index contributed by atoms with van der Waals surface area (Å²) < 4.78 is 24.8. The van der Waals surface area contributed by atoms with Gasteiger partial charge in [0.05, 0.1) is 10.8 Å². The fourth-order valence-corrected chi connectivity index (χ4v) is 3.30. The number of sulfonamides is 1. The van der Waals surface area contributed by atoms with Crippen LogP contribution in [-0.2, 0) is 14.8 Å². The van der Waals surface area contributed by atoms with Crippen molar-refractivity contribution in [2.75, 3.05) is 6.54 Å². The number of rotatable bonds is 2. The van der Waals surface area contributed by atoms with Crippen LogP contribution in [0.2, 0.25) is 0 Å². The van der Waals surface area contributed by atoms with Crippen LogP contribution in [0.15, 0.2) is 0 Å². The molecule has 0 aromatic rings. The lowest BCUT2D eigenvalue weighted by Crippen LogP contribution is -2.50. The Hall–Kier alpha value is -0.420. The first-order valence-corrected chi connectivity index (χ1v) is 6.71. The van der Waals surface area contributed by atoms with Crippen LogP contribution < -0.4 is 0 Å². The molecule has 0 aromatic carbocycles. The molecule has 1 rings (SSSR count). The van der Waals surface area contributed by atoms with Crippen LogP contribution in [0, 0.1) is 0 Å². The van der Waals surface area contributed by atoms with E-state index >= 15 is 0 Å². The SMILES string of the molecule is CC(C)(C)S(=O)(=O)N1CCCCC1C=O. The highest BCUT2D eigenvalue weighted by Crippen LogP contribution is 2.26. The molecule has 0 bridgehead atoms. The maximum absolute atomic E-state index is 12.1. The molecule has 0 aromatic heterocycles. The van der Waals surface area contributed by atoms with Gasteiger partial charge in [0, 0.05) is 6.54 Å². The van der Waals surface area contributed by atoms with Crippen LogP contribution in [0.1, 0.15) is 40.0 Å². The fourth-order valence-electron chi connectivity index (χ4n) is 1.72. The van der Waals surface area contributed by atoms with E-state index in [2.05, 4.69) is 0 Å². The summed E-state index contributed by atoms with van der Waals surface area (Å²) in [6, 6.07) is -0.456. The second-order valence-corrected chi connectivity index (χ2v) is 7.57. The highest BCUT2D eigenvalue weighted by molar-refractivity contribution is 7.90. The van der Waals surface area contributed by atoms with Gasteiger partial charge in [-0.2, -0.15) is 4.31 Å². The van der Waals surface area contributed by atoms with Gasteiger partial charge in [0.15, 0.2) is 0 Å². The average Bonchev–Trinajstić information content (AvgIpc) is 2.16. The van der Waals surface area contributed by atoms with Gasteiger partial charge >= 0.3 is 0 Å². The van der Waals surface area contributed by atoms with E-state index in [1.54, 1.807) is 20.8 Å². The number of hydrogen-bond donors (Lipinski definition) is 0. The van der Waals surface area contributed by atoms with E-state index in [0.29, 0.717) is 13.0 Å². The summed E-state index contributed by atoms with van der Waals surface area (Å²) in [4.78, 5) is 10.8. The third-order valence-corrected chi connectivity index (χ3v) is 5.36. The molecule has 0 amide bonds. The molecule has 4 nitrogen and oxygen atoms in total. The van der Waals surface area contributed by atoms with Gasteiger partial charge in [-0.15, -0.1) is 0 Å². The van der Waals surface area contributed by atoms with Crippen molar-refractivity contribution < 1.29 is 13.2 Å². The Morgan fingerprint density at radius 2 is 1.87 bits per heavy atom. The number of hydrogen-bond acceptors (Lipinski definition) is 3. The molecule has 0 radical (unpaired) electrons. The first-order valence-electron chi connectivity index (χ1n) is 5.27. The molecule has 0 N–H and O–H groups in total. The second-order valence-electron chi connectivity index (χ2n) is 4.93. The lowest BCUT2D eigenvalue weighted by Gasteiger charge is -2.36. The summed E-state index contributed by atoms with van der Waals surface area (Å²) in [5.41, 5.74) is 0. The van der Waals surface area contributed by atoms with Crippen molar-refractivity contribution in [3.8, 4) is 0 Å². The quantitative estimate of drug-likeness (QED) is 0.673. The fraction of sp³-hybridized carbons (Fsp3) is 0.900. The molecule has 1 heterocycles. The van der Waals surface area contributed by atoms with E-state index in [1.165, 1.54) is 4.31 Å². The Balaban J connectivity index is 2.99. The monoisotopic (exact) mass is 233 g/mol. The van der Waals surface area contributed by atoms with E-state index in [9.17, 15) is 13.2 Å². The smallest absolute Gasteiger partial charge is 0.219 e. The molecule has 1 fully saturated rings. The van der Waals surface area contributed by atoms with Crippen molar-refractivity contribution in [1.29, 1.82) is 0 Å². The molecule has 0 spiro atoms. The third kappa shape index (κ3) is 2.39. The van der Waals surface area contributed by atoms with Crippen molar-refractivity contribution in [1.82, 2.24) is 4.31 Å². The Labute approximate surface area is 91.7 Å². The summed E-state index contributed by atoms with van der Waals surface area (Å²) in [5.74, 6) is 0. The molecule has 1 aliphatic rings. The van der Waals surface area contributed by atoms with Gasteiger partial charge in [-0.05, 0) is 33.6 Å². The first-order chi connectivity index (χ1) is 6.80. The zero-order valence-corrected chi connectivity index (χ0v) is 10.4. The highest BCUT2D eigenvalue weighted by Gasteiger charge is 2.39. The van der Waals surface area contributed by atoms with Gasteiger partial charge in [0.2, 0.25) is 10.0 Å². The van der Waals surface area contributed by atoms with E-state index in [-0.39, 0.29) is 0 Å². The lowest BCUT2D eigenvalue weighted by atomic mass is 10.1. The number of nitrogens with zero attached hydrogens (tertiary/aromatic N) is 1. The summed E-state index contributed by atoms with van der Waals surface area (Å²) >= 11 is 0. The van der Waals surface area contributed by atoms with E-state index in [0.717, 1.165) is 19.1 Å². The minimum absolute atomic E-state index is 0.456. The molecule has 1 unspecified atom stereocenters. The van der Waals surface area contributed by atoms with E-state index < -0.39 is 20.8 Å². The van der Waals surface area contributed by atoms with Crippen LogP contribution in [0.3, 0.4) is 0 Å². The van der Waals surface area contributed by atoms with Crippen LogP contribution >= 0.6 is 0 Å². The standard InChI is InChI=1S/C10H19NO3S/c1-10(2,3)15(13,14)11-7-5-4-6-9(11)8-12/h8-9H,4-7H2,1-3H3. The highest BCUT2D eigenvalue weighted by atomic mass is 32.2. The Morgan fingerprint density at radius 3 is 2.33 bits per heavy atom. The predicted molar refractivity (Wildman–Crippen MR) is 59.1 cm³/mol. The van der Waals surface area contributed by atoms with Crippen LogP contribution in [0.4, 0.5) is 0 Å². The molecule has 88 valence electrons. The average molecular weight is 233 g/mol. The molecule has 1 atom stereocenters. The van der Waals surface area contributed by atoms with E-state index in [4.69, 9.17) is 0 Å². The number of aldehydes is 1. The largest absolute Gasteiger partial charge is 0.302 e. The summed E-state index contributed by atoms with van der Waals surface area (Å²) in [6.45, 7) is 5.47. The molecule has 0 aliphatic carbocycles. The second kappa shape index (κ2) is 4.22. The number of carbonyl (C=O) groups excluding carboxylic acids is 1. The molecule has 15 heavy (non-hydrogen) atoms. The zero-order valence-electron chi connectivity index (χ0n) is 9.56. The minimum atomic E-state index is -3.36. The Kier molecular flexibility index (Phi) is 3.55. The van der Waals surface area contributed by atoms with Gasteiger partial charge < -0.3 is 4.79 Å². The van der Waals surface area contributed by atoms with Gasteiger partial charge in [-0.3, -0.25) is 0 Å². The Morgan fingerprint density at radius 1 is 1.27 bits per heavy atom. The predicted octanol–water partition coefficient (Wildman–Crippen LogP) is 1.17. The van der Waals surface area contributed by atoms with Gasteiger partial charge in [0.25, 0.3) is 0 Å². The topological polar surface area (TPSA) is 54.5 Å². The third-order valence-electron chi connectivity index (χ3n) is 2.74. The first kappa shape index (κ1) is 12.6. The minimum Gasteiger partial charge on any atom is -0.302 e. The van der Waals surface area contributed by atoms with Crippen molar-refractivity contribution in [3.63, 3.8) is 0 Å². The van der Waals surface area contributed by atoms with Crippen molar-refractivity contribution in [3.05, 3.63) is 0 Å². The van der Waals surface area contributed by atoms with Gasteiger partial charge in [-0.25, -0.2) is 8.42 Å². The van der Waals surface area contributed by atoms with Crippen LogP contribution in [0.5, 0.6) is 0 Å². The number of carbonyl (C=O) groups is 1. The molecule has 0 saturated carbocycles. The Bertz CT molecular complexity index is 329. The molecule has 5 heteroatoms. The molecule has 1 aliphatic heterocycles. The molecular weight excluding hydrogens is 214 g/mol. The molecule has 1 saturated heterocycles. The van der Waals surface area contributed by atoms with Gasteiger partial charge in [0.1, 0.15) is 6.29 Å². The maximum atomic E-state index is 12.1. The van der Waals surface area contributed by atoms with Crippen molar-refractivity contribution in [2.24, 2.45) is 0 Å². The zero-order chi connectivity index (χ0) is 11.7. The van der Waals surface area contributed by atoms with Crippen LogP contribution in [0.25, 0.3) is 0 Å². The van der Waals surface area contributed by atoms with Crippen LogP contribution in [-0.4, -0.2) is 36.3 Å². The lowest BCUT2D eigenvalue weighted by molar-refractivity contribution is -0.111. The van der Waals surface area contributed by atoms with E-state index in [1.807, 2.05) is 0 Å². The summed E-state index contributed by atoms with van der Waals surface area (Å²) in [6.07, 6.45) is 3.18. The molecular formula is C10H19NO3S. The van der Waals surface area contributed by atoms with Crippen molar-refractivity contribution in [2.45, 2.75) is 50.8 Å². The summed E-state index contributed by atoms with van der Waals surface area (Å²) in [7, 11) is -3.36. The maximum Gasteiger partial charge on any atom is 0.219 e.